The lowest BCUT2D eigenvalue weighted by Gasteiger charge is -2.10. The molecule has 0 aliphatic carbocycles. The van der Waals surface area contributed by atoms with Crippen molar-refractivity contribution in [2.45, 2.75) is 13.5 Å². The zero-order chi connectivity index (χ0) is 16.6. The van der Waals surface area contributed by atoms with Gasteiger partial charge in [-0.1, -0.05) is 12.1 Å². The molecule has 0 aliphatic rings. The number of nitrogens with zero attached hydrogens (tertiary/aromatic N) is 3. The van der Waals surface area contributed by atoms with E-state index < -0.39 is 12.4 Å². The number of hydrogen-bond acceptors (Lipinski definition) is 4. The Morgan fingerprint density at radius 1 is 1.35 bits per heavy atom. The van der Waals surface area contributed by atoms with E-state index in [9.17, 15) is 13.6 Å². The minimum atomic E-state index is -3.01. The van der Waals surface area contributed by atoms with Crippen LogP contribution < -0.4 is 4.74 Å². The van der Waals surface area contributed by atoms with Crippen molar-refractivity contribution in [3.63, 3.8) is 0 Å². The Labute approximate surface area is 138 Å². The van der Waals surface area contributed by atoms with Gasteiger partial charge in [0, 0.05) is 12.4 Å². The fourth-order valence-corrected chi connectivity index (χ4v) is 2.58. The van der Waals surface area contributed by atoms with Crippen molar-refractivity contribution in [2.75, 3.05) is 0 Å². The smallest absolute Gasteiger partial charge is 0.387 e. The number of ketones is 1. The molecule has 0 amide bonds. The monoisotopic (exact) mass is 381 g/mol. The molecule has 0 saturated heterocycles. The molecule has 0 fully saturated rings. The van der Waals surface area contributed by atoms with Gasteiger partial charge >= 0.3 is 6.61 Å². The Bertz CT molecular complexity index is 896. The number of para-hydroxylation sites is 1. The second-order valence-corrected chi connectivity index (χ2v) is 5.61. The third kappa shape index (κ3) is 2.94. The predicted octanol–water partition coefficient (Wildman–Crippen LogP) is 3.63. The first-order chi connectivity index (χ1) is 11.0. The van der Waals surface area contributed by atoms with Crippen LogP contribution in [0.2, 0.25) is 0 Å². The topological polar surface area (TPSA) is 56.5 Å². The van der Waals surface area contributed by atoms with Gasteiger partial charge in [-0.2, -0.15) is 8.78 Å². The zero-order valence-electron chi connectivity index (χ0n) is 11.8. The van der Waals surface area contributed by atoms with Crippen LogP contribution in [0.5, 0.6) is 5.75 Å². The number of rotatable bonds is 4. The maximum atomic E-state index is 12.8. The molecule has 0 spiro atoms. The molecule has 0 radical (unpaired) electrons. The summed E-state index contributed by atoms with van der Waals surface area (Å²) in [5, 5.41) is 0. The summed E-state index contributed by atoms with van der Waals surface area (Å²) in [6.45, 7) is -1.35. The summed E-state index contributed by atoms with van der Waals surface area (Å²) in [4.78, 5) is 21.2. The standard InChI is InChI=1S/C15H10BrF2N3O2/c1-8-12(21-7-9(16)6-19-15(21)20-8)13(22)10-4-2-3-5-11(10)23-14(17)18/h2-7,14H,1H3. The summed E-state index contributed by atoms with van der Waals surface area (Å²) in [6.07, 6.45) is 3.20. The average molecular weight is 382 g/mol. The van der Waals surface area contributed by atoms with Gasteiger partial charge in [-0.25, -0.2) is 9.97 Å². The van der Waals surface area contributed by atoms with Gasteiger partial charge in [-0.15, -0.1) is 0 Å². The highest BCUT2D eigenvalue weighted by atomic mass is 79.9. The Kier molecular flexibility index (Phi) is 4.08. The maximum absolute atomic E-state index is 12.8. The van der Waals surface area contributed by atoms with Crippen LogP contribution in [0, 0.1) is 6.92 Å². The number of alkyl halides is 2. The summed E-state index contributed by atoms with van der Waals surface area (Å²) in [6, 6.07) is 5.86. The van der Waals surface area contributed by atoms with Crippen LogP contribution in [0.3, 0.4) is 0 Å². The summed E-state index contributed by atoms with van der Waals surface area (Å²) in [7, 11) is 0. The summed E-state index contributed by atoms with van der Waals surface area (Å²) in [5.41, 5.74) is 0.740. The molecule has 1 aromatic carbocycles. The number of carbonyl (C=O) groups is 1. The molecule has 0 atom stereocenters. The molecule has 118 valence electrons. The number of fused-ring (bicyclic) bond motifs is 1. The van der Waals surface area contributed by atoms with Crippen LogP contribution in [-0.4, -0.2) is 26.8 Å². The van der Waals surface area contributed by atoms with Gasteiger partial charge in [0.25, 0.3) is 0 Å². The molecule has 2 aromatic heterocycles. The van der Waals surface area contributed by atoms with Gasteiger partial charge in [-0.05, 0) is 35.0 Å². The van der Waals surface area contributed by atoms with Crippen molar-refractivity contribution in [3.8, 4) is 5.75 Å². The Balaban J connectivity index is 2.15. The van der Waals surface area contributed by atoms with Crippen LogP contribution in [0.15, 0.2) is 41.1 Å². The normalized spacial score (nSPS) is 11.2. The molecule has 0 N–H and O–H groups in total. The number of carbonyl (C=O) groups excluding carboxylic acids is 1. The van der Waals surface area contributed by atoms with Crippen molar-refractivity contribution in [2.24, 2.45) is 0 Å². The molecule has 0 unspecified atom stereocenters. The third-order valence-electron chi connectivity index (χ3n) is 3.19. The second-order valence-electron chi connectivity index (χ2n) is 4.69. The lowest BCUT2D eigenvalue weighted by molar-refractivity contribution is -0.0501. The van der Waals surface area contributed by atoms with E-state index in [1.807, 2.05) is 0 Å². The van der Waals surface area contributed by atoms with Crippen LogP contribution >= 0.6 is 15.9 Å². The van der Waals surface area contributed by atoms with Gasteiger partial charge in [0.05, 0.1) is 15.7 Å². The lowest BCUT2D eigenvalue weighted by atomic mass is 10.1. The number of benzene rings is 1. The first-order valence-electron chi connectivity index (χ1n) is 6.56. The number of imidazole rings is 1. The first kappa shape index (κ1) is 15.5. The van der Waals surface area contributed by atoms with E-state index >= 15 is 0 Å². The Hall–Kier alpha value is -2.35. The number of hydrogen-bond donors (Lipinski definition) is 0. The molecule has 0 saturated carbocycles. The molecule has 0 aliphatic heterocycles. The summed E-state index contributed by atoms with van der Waals surface area (Å²) < 4.78 is 31.7. The van der Waals surface area contributed by atoms with Crippen LogP contribution in [-0.2, 0) is 0 Å². The maximum Gasteiger partial charge on any atom is 0.387 e. The number of halogens is 3. The lowest BCUT2D eigenvalue weighted by Crippen LogP contribution is -2.11. The van der Waals surface area contributed by atoms with Crippen LogP contribution in [0.1, 0.15) is 21.7 Å². The third-order valence-corrected chi connectivity index (χ3v) is 3.59. The fourth-order valence-electron chi connectivity index (χ4n) is 2.27. The van der Waals surface area contributed by atoms with Crippen LogP contribution in [0.4, 0.5) is 8.78 Å². The second kappa shape index (κ2) is 6.04. The van der Waals surface area contributed by atoms with Gasteiger partial charge in [0.15, 0.2) is 0 Å². The molecule has 0 bridgehead atoms. The van der Waals surface area contributed by atoms with E-state index in [1.54, 1.807) is 25.4 Å². The molecule has 3 aromatic rings. The fraction of sp³-hybridized carbons (Fsp3) is 0.133. The van der Waals surface area contributed by atoms with Crippen LogP contribution in [0.25, 0.3) is 5.78 Å². The van der Waals surface area contributed by atoms with Crippen molar-refractivity contribution in [1.82, 2.24) is 14.4 Å². The highest BCUT2D eigenvalue weighted by molar-refractivity contribution is 9.10. The zero-order valence-corrected chi connectivity index (χ0v) is 13.4. The molecule has 5 nitrogen and oxygen atoms in total. The highest BCUT2D eigenvalue weighted by Crippen LogP contribution is 2.25. The predicted molar refractivity (Wildman–Crippen MR) is 81.9 cm³/mol. The molecule has 2 heterocycles. The molecule has 3 rings (SSSR count). The number of aryl methyl sites for hydroxylation is 1. The van der Waals surface area contributed by atoms with E-state index in [2.05, 4.69) is 30.6 Å². The van der Waals surface area contributed by atoms with Crippen molar-refractivity contribution < 1.29 is 18.3 Å². The molecular formula is C15H10BrF2N3O2. The van der Waals surface area contributed by atoms with Gasteiger partial charge in [0.2, 0.25) is 11.6 Å². The molecular weight excluding hydrogens is 372 g/mol. The first-order valence-corrected chi connectivity index (χ1v) is 7.35. The van der Waals surface area contributed by atoms with E-state index in [-0.39, 0.29) is 17.0 Å². The van der Waals surface area contributed by atoms with Crippen molar-refractivity contribution in [1.29, 1.82) is 0 Å². The highest BCUT2D eigenvalue weighted by Gasteiger charge is 2.23. The van der Waals surface area contributed by atoms with Gasteiger partial charge < -0.3 is 4.74 Å². The van der Waals surface area contributed by atoms with E-state index in [0.717, 1.165) is 0 Å². The van der Waals surface area contributed by atoms with Crippen molar-refractivity contribution >= 4 is 27.5 Å². The Morgan fingerprint density at radius 3 is 2.83 bits per heavy atom. The molecule has 23 heavy (non-hydrogen) atoms. The van der Waals surface area contributed by atoms with E-state index in [0.29, 0.717) is 15.9 Å². The quantitative estimate of drug-likeness (QED) is 0.647. The number of aromatic nitrogens is 3. The SMILES string of the molecule is Cc1nc2ncc(Br)cn2c1C(=O)c1ccccc1OC(F)F. The van der Waals surface area contributed by atoms with E-state index in [4.69, 9.17) is 0 Å². The van der Waals surface area contributed by atoms with E-state index in [1.165, 1.54) is 22.6 Å². The average Bonchev–Trinajstić information content (AvgIpc) is 2.81. The minimum Gasteiger partial charge on any atom is -0.434 e. The summed E-state index contributed by atoms with van der Waals surface area (Å²) in [5.74, 6) is -0.294. The molecule has 8 heteroatoms. The summed E-state index contributed by atoms with van der Waals surface area (Å²) >= 11 is 3.28. The van der Waals surface area contributed by atoms with Gasteiger partial charge in [0.1, 0.15) is 11.4 Å². The van der Waals surface area contributed by atoms with Crippen molar-refractivity contribution in [3.05, 3.63) is 58.1 Å². The largest absolute Gasteiger partial charge is 0.434 e. The minimum absolute atomic E-state index is 0.0395. The Morgan fingerprint density at radius 2 is 2.09 bits per heavy atom. The van der Waals surface area contributed by atoms with Gasteiger partial charge in [-0.3, -0.25) is 9.20 Å². The number of ether oxygens (including phenoxy) is 1.